The van der Waals surface area contributed by atoms with Crippen molar-refractivity contribution in [1.82, 2.24) is 14.8 Å². The fourth-order valence-corrected chi connectivity index (χ4v) is 2.60. The molecule has 1 N–H and O–H groups in total. The Hall–Kier alpha value is -2.15. The molecule has 7 nitrogen and oxygen atoms in total. The van der Waals surface area contributed by atoms with Crippen molar-refractivity contribution in [3.8, 4) is 0 Å². The number of unbranched alkanes of at least 4 members (excludes halogenated alkanes) is 3. The van der Waals surface area contributed by atoms with Crippen LogP contribution in [0.25, 0.3) is 0 Å². The van der Waals surface area contributed by atoms with Crippen molar-refractivity contribution in [3.63, 3.8) is 0 Å². The van der Waals surface area contributed by atoms with E-state index >= 15 is 0 Å². The largest absolute Gasteiger partial charge is 0.444 e. The van der Waals surface area contributed by atoms with Gasteiger partial charge in [-0.2, -0.15) is 0 Å². The number of aliphatic imine (C=N–C) groups is 1. The molecule has 0 bridgehead atoms. The lowest BCUT2D eigenvalue weighted by molar-refractivity contribution is 0.0298. The molecule has 0 saturated heterocycles. The Morgan fingerprint density at radius 3 is 2.62 bits per heavy atom. The number of ether oxygens (including phenoxy) is 1. The number of pyridine rings is 1. The molecule has 0 saturated carbocycles. The first-order chi connectivity index (χ1) is 13.7. The van der Waals surface area contributed by atoms with Gasteiger partial charge >= 0.3 is 6.09 Å². The summed E-state index contributed by atoms with van der Waals surface area (Å²) in [6.07, 6.45) is 8.76. The van der Waals surface area contributed by atoms with Crippen LogP contribution in [-0.4, -0.2) is 73.5 Å². The van der Waals surface area contributed by atoms with Gasteiger partial charge in [0.1, 0.15) is 5.60 Å². The Bertz CT molecular complexity index is 626. The van der Waals surface area contributed by atoms with Crippen LogP contribution in [0.1, 0.15) is 52.9 Å². The van der Waals surface area contributed by atoms with E-state index in [-0.39, 0.29) is 6.09 Å². The molecule has 0 aliphatic carbocycles. The van der Waals surface area contributed by atoms with Gasteiger partial charge in [0.2, 0.25) is 0 Å². The molecular weight excluding hydrogens is 366 g/mol. The number of rotatable bonds is 12. The smallest absolute Gasteiger partial charge is 0.410 e. The first kappa shape index (κ1) is 24.9. The maximum absolute atomic E-state index is 12.0. The van der Waals surface area contributed by atoms with E-state index < -0.39 is 5.60 Å². The maximum Gasteiger partial charge on any atom is 0.410 e. The second kappa shape index (κ2) is 13.1. The fraction of sp³-hybridized carbons (Fsp3) is 0.682. The van der Waals surface area contributed by atoms with Gasteiger partial charge in [0.05, 0.1) is 5.69 Å². The lowest BCUT2D eigenvalue weighted by atomic mass is 10.2. The zero-order valence-electron chi connectivity index (χ0n) is 19.1. The molecule has 1 heterocycles. The summed E-state index contributed by atoms with van der Waals surface area (Å²) in [6, 6.07) is 3.88. The molecule has 0 aromatic carbocycles. The second-order valence-corrected chi connectivity index (χ2v) is 8.52. The molecule has 0 radical (unpaired) electrons. The summed E-state index contributed by atoms with van der Waals surface area (Å²) < 4.78 is 5.36. The second-order valence-electron chi connectivity index (χ2n) is 8.52. The summed E-state index contributed by atoms with van der Waals surface area (Å²) in [5.41, 5.74) is 0.440. The summed E-state index contributed by atoms with van der Waals surface area (Å²) >= 11 is 0. The number of amides is 1. The van der Waals surface area contributed by atoms with Crippen LogP contribution < -0.4 is 5.32 Å². The molecule has 1 rings (SSSR count). The van der Waals surface area contributed by atoms with E-state index in [1.807, 2.05) is 39.1 Å². The highest BCUT2D eigenvalue weighted by Gasteiger charge is 2.19. The number of hydrogen-bond donors (Lipinski definition) is 1. The van der Waals surface area contributed by atoms with Gasteiger partial charge in [-0.15, -0.1) is 0 Å². The Morgan fingerprint density at radius 2 is 1.93 bits per heavy atom. The van der Waals surface area contributed by atoms with E-state index in [0.29, 0.717) is 12.4 Å². The lowest BCUT2D eigenvalue weighted by Gasteiger charge is -2.24. The fourth-order valence-electron chi connectivity index (χ4n) is 2.60. The molecule has 1 aromatic rings. The first-order valence-electron chi connectivity index (χ1n) is 10.5. The van der Waals surface area contributed by atoms with Crippen molar-refractivity contribution in [1.29, 1.82) is 0 Å². The SMILES string of the molecule is CN(C)CCCCC/C=N/c1ncccc1NCCCN(C)C(=O)OC(C)(C)C. The number of nitrogens with zero attached hydrogens (tertiary/aromatic N) is 4. The van der Waals surface area contributed by atoms with Crippen LogP contribution in [0.5, 0.6) is 0 Å². The van der Waals surface area contributed by atoms with E-state index in [1.165, 1.54) is 12.8 Å². The quantitative estimate of drug-likeness (QED) is 0.407. The van der Waals surface area contributed by atoms with E-state index in [9.17, 15) is 4.79 Å². The molecule has 0 atom stereocenters. The van der Waals surface area contributed by atoms with E-state index in [2.05, 4.69) is 34.3 Å². The van der Waals surface area contributed by atoms with E-state index in [0.717, 1.165) is 38.0 Å². The highest BCUT2D eigenvalue weighted by atomic mass is 16.6. The zero-order valence-corrected chi connectivity index (χ0v) is 19.1. The van der Waals surface area contributed by atoms with Gasteiger partial charge in [-0.25, -0.2) is 14.8 Å². The predicted octanol–water partition coefficient (Wildman–Crippen LogP) is 4.57. The van der Waals surface area contributed by atoms with Gasteiger partial charge in [-0.3, -0.25) is 0 Å². The molecule has 164 valence electrons. The molecule has 1 aromatic heterocycles. The van der Waals surface area contributed by atoms with Crippen molar-refractivity contribution in [2.24, 2.45) is 4.99 Å². The van der Waals surface area contributed by atoms with E-state index in [4.69, 9.17) is 4.74 Å². The summed E-state index contributed by atoms with van der Waals surface area (Å²) in [7, 11) is 5.96. The third-order valence-corrected chi connectivity index (χ3v) is 4.13. The molecule has 0 unspecified atom stereocenters. The molecule has 1 amide bonds. The maximum atomic E-state index is 12.0. The van der Waals surface area contributed by atoms with Crippen LogP contribution >= 0.6 is 0 Å². The van der Waals surface area contributed by atoms with Gasteiger partial charge in [-0.1, -0.05) is 6.42 Å². The molecule has 29 heavy (non-hydrogen) atoms. The predicted molar refractivity (Wildman–Crippen MR) is 121 cm³/mol. The molecule has 0 fully saturated rings. The summed E-state index contributed by atoms with van der Waals surface area (Å²) in [5.74, 6) is 0.710. The molecule has 0 aliphatic rings. The minimum Gasteiger partial charge on any atom is -0.444 e. The standard InChI is InChI=1S/C22H39N5O2/c1-22(2,3)29-21(28)27(6)18-12-16-23-19-13-11-15-25-20(19)24-14-9-7-8-10-17-26(4)5/h11,13-15,23H,7-10,12,16-18H2,1-6H3/b24-14+. The van der Waals surface area contributed by atoms with Gasteiger partial charge < -0.3 is 19.9 Å². The Labute approximate surface area is 176 Å². The van der Waals surface area contributed by atoms with Crippen LogP contribution in [0.4, 0.5) is 16.3 Å². The first-order valence-corrected chi connectivity index (χ1v) is 10.5. The van der Waals surface area contributed by atoms with Gasteiger partial charge in [0.15, 0.2) is 5.82 Å². The molecule has 0 aliphatic heterocycles. The minimum atomic E-state index is -0.474. The van der Waals surface area contributed by atoms with Crippen molar-refractivity contribution < 1.29 is 9.53 Å². The number of carbonyl (C=O) groups excluding carboxylic acids is 1. The molecule has 7 heteroatoms. The van der Waals surface area contributed by atoms with Crippen LogP contribution in [0, 0.1) is 0 Å². The van der Waals surface area contributed by atoms with Crippen molar-refractivity contribution in [2.45, 2.75) is 58.5 Å². The topological polar surface area (TPSA) is 70.1 Å². The van der Waals surface area contributed by atoms with E-state index in [1.54, 1.807) is 18.1 Å². The number of carbonyl (C=O) groups is 1. The Kier molecular flexibility index (Phi) is 11.3. The third kappa shape index (κ3) is 12.1. The summed E-state index contributed by atoms with van der Waals surface area (Å²) in [4.78, 5) is 24.7. The third-order valence-electron chi connectivity index (χ3n) is 4.13. The lowest BCUT2D eigenvalue weighted by Crippen LogP contribution is -2.35. The number of aromatic nitrogens is 1. The Morgan fingerprint density at radius 1 is 1.17 bits per heavy atom. The van der Waals surface area contributed by atoms with Crippen LogP contribution in [0.15, 0.2) is 23.3 Å². The highest BCUT2D eigenvalue weighted by molar-refractivity contribution is 5.69. The average Bonchev–Trinajstić information content (AvgIpc) is 2.63. The monoisotopic (exact) mass is 405 g/mol. The highest BCUT2D eigenvalue weighted by Crippen LogP contribution is 2.21. The van der Waals surface area contributed by atoms with Crippen LogP contribution in [0.3, 0.4) is 0 Å². The number of nitrogens with one attached hydrogen (secondary N) is 1. The van der Waals surface area contributed by atoms with Crippen molar-refractivity contribution >= 4 is 23.8 Å². The normalized spacial score (nSPS) is 11.8. The van der Waals surface area contributed by atoms with Gasteiger partial charge in [0, 0.05) is 32.5 Å². The van der Waals surface area contributed by atoms with Gasteiger partial charge in [0.25, 0.3) is 0 Å². The minimum absolute atomic E-state index is 0.297. The summed E-state index contributed by atoms with van der Waals surface area (Å²) in [6.45, 7) is 8.09. The Balaban J connectivity index is 2.35. The van der Waals surface area contributed by atoms with Crippen LogP contribution in [0.2, 0.25) is 0 Å². The van der Waals surface area contributed by atoms with Crippen molar-refractivity contribution in [3.05, 3.63) is 18.3 Å². The average molecular weight is 406 g/mol. The number of hydrogen-bond acceptors (Lipinski definition) is 6. The zero-order chi connectivity index (χ0) is 21.7. The van der Waals surface area contributed by atoms with Crippen molar-refractivity contribution in [2.75, 3.05) is 46.1 Å². The van der Waals surface area contributed by atoms with Gasteiger partial charge in [-0.05, 0) is 79.2 Å². The summed E-state index contributed by atoms with van der Waals surface area (Å²) in [5, 5.41) is 3.37. The number of anilines is 1. The molecule has 0 spiro atoms. The van der Waals surface area contributed by atoms with Crippen LogP contribution in [-0.2, 0) is 4.74 Å². The molecular formula is C22H39N5O2.